The number of hydrogen-bond donors (Lipinski definition) is 2. The highest BCUT2D eigenvalue weighted by atomic mass is 79.9. The third-order valence-electron chi connectivity index (χ3n) is 2.83. The van der Waals surface area contributed by atoms with Crippen molar-refractivity contribution in [3.63, 3.8) is 0 Å². The number of hydrogen-bond acceptors (Lipinski definition) is 4. The van der Waals surface area contributed by atoms with Crippen LogP contribution in [0, 0.1) is 6.92 Å². The third kappa shape index (κ3) is 3.02. The fraction of sp³-hybridized carbons (Fsp3) is 0.250. The van der Waals surface area contributed by atoms with E-state index >= 15 is 0 Å². The molecule has 108 valence electrons. The molecule has 0 amide bonds. The maximum absolute atomic E-state index is 12.3. The molecular weight excluding hydrogens is 346 g/mol. The van der Waals surface area contributed by atoms with Crippen molar-refractivity contribution in [2.45, 2.75) is 18.4 Å². The summed E-state index contributed by atoms with van der Waals surface area (Å²) in [7, 11) is -2.05. The molecule has 0 radical (unpaired) electrons. The topological polar surface area (TPSA) is 84.2 Å². The molecule has 2 aromatic heterocycles. The first-order valence-electron chi connectivity index (χ1n) is 5.74. The van der Waals surface area contributed by atoms with Crippen molar-refractivity contribution < 1.29 is 13.5 Å². The lowest BCUT2D eigenvalue weighted by Gasteiger charge is -2.08. The number of rotatable bonds is 4. The van der Waals surface area contributed by atoms with Crippen LogP contribution in [-0.2, 0) is 23.7 Å². The van der Waals surface area contributed by atoms with Gasteiger partial charge in [0.1, 0.15) is 10.7 Å². The van der Waals surface area contributed by atoms with Crippen molar-refractivity contribution in [2.75, 3.05) is 4.72 Å². The van der Waals surface area contributed by atoms with Gasteiger partial charge >= 0.3 is 0 Å². The standard InChI is InChI=1S/C12H14BrN3O3S/c1-8-3-9(13)5-14-12(8)15-20(18,19)11-4-10(7-17)16(2)6-11/h3-6,17H,7H2,1-2H3,(H,14,15). The van der Waals surface area contributed by atoms with Gasteiger partial charge in [-0.25, -0.2) is 13.4 Å². The summed E-state index contributed by atoms with van der Waals surface area (Å²) in [5, 5.41) is 9.11. The summed E-state index contributed by atoms with van der Waals surface area (Å²) >= 11 is 3.27. The van der Waals surface area contributed by atoms with E-state index in [0.717, 1.165) is 4.47 Å². The molecule has 0 spiro atoms. The van der Waals surface area contributed by atoms with Gasteiger partial charge in [-0.1, -0.05) is 0 Å². The highest BCUT2D eigenvalue weighted by Crippen LogP contribution is 2.21. The zero-order valence-corrected chi connectivity index (χ0v) is 13.4. The zero-order chi connectivity index (χ0) is 14.9. The van der Waals surface area contributed by atoms with Crippen LogP contribution in [0.2, 0.25) is 0 Å². The molecule has 2 rings (SSSR count). The summed E-state index contributed by atoms with van der Waals surface area (Å²) in [6.45, 7) is 1.54. The van der Waals surface area contributed by atoms with E-state index in [-0.39, 0.29) is 17.3 Å². The van der Waals surface area contributed by atoms with E-state index in [2.05, 4.69) is 25.6 Å². The van der Waals surface area contributed by atoms with Crippen molar-refractivity contribution in [2.24, 2.45) is 7.05 Å². The normalized spacial score (nSPS) is 11.6. The third-order valence-corrected chi connectivity index (χ3v) is 4.57. The molecule has 2 aromatic rings. The lowest BCUT2D eigenvalue weighted by atomic mass is 10.3. The predicted molar refractivity (Wildman–Crippen MR) is 78.8 cm³/mol. The number of pyridine rings is 1. The van der Waals surface area contributed by atoms with Crippen LogP contribution in [0.25, 0.3) is 0 Å². The number of aliphatic hydroxyl groups excluding tert-OH is 1. The van der Waals surface area contributed by atoms with Gasteiger partial charge in [0.05, 0.1) is 6.61 Å². The molecule has 0 aromatic carbocycles. The van der Waals surface area contributed by atoms with E-state index in [9.17, 15) is 8.42 Å². The summed E-state index contributed by atoms with van der Waals surface area (Å²) in [4.78, 5) is 4.14. The lowest BCUT2D eigenvalue weighted by molar-refractivity contribution is 0.272. The number of aliphatic hydroxyl groups is 1. The highest BCUT2D eigenvalue weighted by Gasteiger charge is 2.19. The van der Waals surface area contributed by atoms with Crippen LogP contribution in [0.3, 0.4) is 0 Å². The van der Waals surface area contributed by atoms with Crippen LogP contribution in [0.5, 0.6) is 0 Å². The van der Waals surface area contributed by atoms with Crippen LogP contribution < -0.4 is 4.72 Å². The molecule has 0 fully saturated rings. The van der Waals surface area contributed by atoms with Gasteiger partial charge in [0.2, 0.25) is 0 Å². The maximum atomic E-state index is 12.3. The summed E-state index contributed by atoms with van der Waals surface area (Å²) in [5.41, 5.74) is 1.23. The van der Waals surface area contributed by atoms with Gasteiger partial charge in [-0.15, -0.1) is 0 Å². The van der Waals surface area contributed by atoms with Crippen LogP contribution in [0.15, 0.2) is 33.9 Å². The Morgan fingerprint density at radius 3 is 2.70 bits per heavy atom. The summed E-state index contributed by atoms with van der Waals surface area (Å²) in [6.07, 6.45) is 2.97. The minimum atomic E-state index is -3.72. The van der Waals surface area contributed by atoms with Crippen molar-refractivity contribution in [1.82, 2.24) is 9.55 Å². The molecule has 2 heterocycles. The van der Waals surface area contributed by atoms with Crippen molar-refractivity contribution in [3.05, 3.63) is 40.3 Å². The van der Waals surface area contributed by atoms with Crippen molar-refractivity contribution >= 4 is 31.8 Å². The Balaban J connectivity index is 2.35. The van der Waals surface area contributed by atoms with Crippen LogP contribution >= 0.6 is 15.9 Å². The van der Waals surface area contributed by atoms with Gasteiger partial charge in [0, 0.05) is 29.6 Å². The highest BCUT2D eigenvalue weighted by molar-refractivity contribution is 9.10. The molecule has 2 N–H and O–H groups in total. The molecular formula is C12H14BrN3O3S. The Labute approximate surface area is 125 Å². The molecule has 0 aliphatic heterocycles. The molecule has 0 atom stereocenters. The van der Waals surface area contributed by atoms with Gasteiger partial charge in [-0.2, -0.15) is 0 Å². The molecule has 0 aliphatic rings. The van der Waals surface area contributed by atoms with Crippen molar-refractivity contribution in [3.8, 4) is 0 Å². The second-order valence-electron chi connectivity index (χ2n) is 4.36. The molecule has 0 aliphatic carbocycles. The largest absolute Gasteiger partial charge is 0.390 e. The van der Waals surface area contributed by atoms with Gasteiger partial charge in [-0.3, -0.25) is 4.72 Å². The maximum Gasteiger partial charge on any atom is 0.264 e. The quantitative estimate of drug-likeness (QED) is 0.871. The Morgan fingerprint density at radius 1 is 1.45 bits per heavy atom. The van der Waals surface area contributed by atoms with Gasteiger partial charge in [0.15, 0.2) is 0 Å². The van der Waals surface area contributed by atoms with E-state index in [1.807, 2.05) is 0 Å². The molecule has 20 heavy (non-hydrogen) atoms. The number of sulfonamides is 1. The van der Waals surface area contributed by atoms with Crippen molar-refractivity contribution in [1.29, 1.82) is 0 Å². The number of nitrogens with one attached hydrogen (secondary N) is 1. The minimum Gasteiger partial charge on any atom is -0.390 e. The molecule has 8 heteroatoms. The van der Waals surface area contributed by atoms with Gasteiger partial charge < -0.3 is 9.67 Å². The van der Waals surface area contributed by atoms with E-state index < -0.39 is 10.0 Å². The Morgan fingerprint density at radius 2 is 2.15 bits per heavy atom. The lowest BCUT2D eigenvalue weighted by Crippen LogP contribution is -2.14. The number of halogens is 1. The van der Waals surface area contributed by atoms with Crippen LogP contribution in [0.4, 0.5) is 5.82 Å². The summed E-state index contributed by atoms with van der Waals surface area (Å²) in [6, 6.07) is 3.20. The Kier molecular flexibility index (Phi) is 4.17. The van der Waals surface area contributed by atoms with E-state index in [0.29, 0.717) is 11.3 Å². The average Bonchev–Trinajstić information content (AvgIpc) is 2.75. The van der Waals surface area contributed by atoms with E-state index in [4.69, 9.17) is 5.11 Å². The van der Waals surface area contributed by atoms with Gasteiger partial charge in [-0.05, 0) is 40.5 Å². The smallest absolute Gasteiger partial charge is 0.264 e. The molecule has 0 bridgehead atoms. The van der Waals surface area contributed by atoms with E-state index in [1.54, 1.807) is 24.6 Å². The molecule has 6 nitrogen and oxygen atoms in total. The first-order valence-corrected chi connectivity index (χ1v) is 8.02. The van der Waals surface area contributed by atoms with Crippen LogP contribution in [0.1, 0.15) is 11.3 Å². The van der Waals surface area contributed by atoms with E-state index in [1.165, 1.54) is 18.5 Å². The molecule has 0 saturated heterocycles. The number of aromatic nitrogens is 2. The predicted octanol–water partition coefficient (Wildman–Crippen LogP) is 1.78. The number of nitrogens with zero attached hydrogens (tertiary/aromatic N) is 2. The summed E-state index contributed by atoms with van der Waals surface area (Å²) < 4.78 is 29.3. The molecule has 0 unspecified atom stereocenters. The SMILES string of the molecule is Cc1cc(Br)cnc1NS(=O)(=O)c1cc(CO)n(C)c1. The van der Waals surface area contributed by atoms with Crippen LogP contribution in [-0.4, -0.2) is 23.1 Å². The fourth-order valence-corrected chi connectivity index (χ4v) is 3.33. The Hall–Kier alpha value is -1.38. The Bertz CT molecular complexity index is 740. The monoisotopic (exact) mass is 359 g/mol. The van der Waals surface area contributed by atoms with Gasteiger partial charge in [0.25, 0.3) is 10.0 Å². The first-order chi connectivity index (χ1) is 9.33. The summed E-state index contributed by atoms with van der Waals surface area (Å²) in [5.74, 6) is 0.280. The first kappa shape index (κ1) is 15.0. The average molecular weight is 360 g/mol. The second-order valence-corrected chi connectivity index (χ2v) is 6.96. The number of anilines is 1. The minimum absolute atomic E-state index is 0.0909. The second kappa shape index (κ2) is 5.55. The molecule has 0 saturated carbocycles. The number of aryl methyl sites for hydroxylation is 2. The zero-order valence-electron chi connectivity index (χ0n) is 11.0. The fourth-order valence-electron chi connectivity index (χ4n) is 1.71.